The lowest BCUT2D eigenvalue weighted by molar-refractivity contribution is 0.449. The molecule has 0 aliphatic heterocycles. The maximum atomic E-state index is 4.26. The van der Waals surface area contributed by atoms with Gasteiger partial charge in [0.25, 0.3) is 0 Å². The SMILES string of the molecule is Cc1cnn(C[C@@H](C)NCc2cscn2)c1. The molecule has 2 aromatic heterocycles. The van der Waals surface area contributed by atoms with E-state index in [1.54, 1.807) is 11.3 Å². The van der Waals surface area contributed by atoms with Crippen molar-refractivity contribution in [3.8, 4) is 0 Å². The fourth-order valence-corrected chi connectivity index (χ4v) is 2.07. The Bertz CT molecular complexity index is 421. The Morgan fingerprint density at radius 1 is 1.56 bits per heavy atom. The number of hydrogen-bond donors (Lipinski definition) is 1. The summed E-state index contributed by atoms with van der Waals surface area (Å²) >= 11 is 1.63. The third-order valence-electron chi connectivity index (χ3n) is 2.34. The fourth-order valence-electron chi connectivity index (χ4n) is 1.52. The number of hydrogen-bond acceptors (Lipinski definition) is 4. The first kappa shape index (κ1) is 11.3. The number of aryl methyl sites for hydroxylation is 1. The quantitative estimate of drug-likeness (QED) is 0.861. The molecule has 1 N–H and O–H groups in total. The molecule has 0 amide bonds. The van der Waals surface area contributed by atoms with E-state index in [-0.39, 0.29) is 0 Å². The van der Waals surface area contributed by atoms with E-state index in [4.69, 9.17) is 0 Å². The van der Waals surface area contributed by atoms with Gasteiger partial charge in [0, 0.05) is 24.2 Å². The van der Waals surface area contributed by atoms with Crippen molar-refractivity contribution < 1.29 is 0 Å². The van der Waals surface area contributed by atoms with Crippen LogP contribution in [0, 0.1) is 6.92 Å². The van der Waals surface area contributed by atoms with Gasteiger partial charge in [-0.05, 0) is 19.4 Å². The van der Waals surface area contributed by atoms with Crippen molar-refractivity contribution in [2.75, 3.05) is 0 Å². The highest BCUT2D eigenvalue weighted by Gasteiger charge is 2.04. The molecule has 0 spiro atoms. The van der Waals surface area contributed by atoms with E-state index in [2.05, 4.69) is 40.8 Å². The first-order chi connectivity index (χ1) is 7.74. The van der Waals surface area contributed by atoms with Gasteiger partial charge in [0.15, 0.2) is 0 Å². The van der Waals surface area contributed by atoms with Gasteiger partial charge < -0.3 is 5.32 Å². The lowest BCUT2D eigenvalue weighted by atomic mass is 10.3. The molecular weight excluding hydrogens is 220 g/mol. The van der Waals surface area contributed by atoms with E-state index in [0.717, 1.165) is 18.8 Å². The minimum atomic E-state index is 0.390. The molecule has 4 nitrogen and oxygen atoms in total. The Morgan fingerprint density at radius 2 is 2.44 bits per heavy atom. The smallest absolute Gasteiger partial charge is 0.0795 e. The monoisotopic (exact) mass is 236 g/mol. The van der Waals surface area contributed by atoms with Crippen molar-refractivity contribution in [1.29, 1.82) is 0 Å². The Labute approximate surface area is 99.3 Å². The average molecular weight is 236 g/mol. The van der Waals surface area contributed by atoms with Gasteiger partial charge in [-0.1, -0.05) is 0 Å². The molecule has 5 heteroatoms. The number of nitrogens with one attached hydrogen (secondary N) is 1. The second-order valence-electron chi connectivity index (χ2n) is 4.00. The van der Waals surface area contributed by atoms with Gasteiger partial charge >= 0.3 is 0 Å². The summed E-state index contributed by atoms with van der Waals surface area (Å²) in [7, 11) is 0. The number of rotatable bonds is 5. The summed E-state index contributed by atoms with van der Waals surface area (Å²) in [5, 5.41) is 9.76. The summed E-state index contributed by atoms with van der Waals surface area (Å²) in [4.78, 5) is 4.23. The molecular formula is C11H16N4S. The third kappa shape index (κ3) is 3.15. The number of nitrogens with zero attached hydrogens (tertiary/aromatic N) is 3. The molecule has 0 fully saturated rings. The summed E-state index contributed by atoms with van der Waals surface area (Å²) < 4.78 is 1.97. The molecule has 2 aromatic rings. The first-order valence-electron chi connectivity index (χ1n) is 5.33. The molecule has 0 aromatic carbocycles. The molecule has 0 aliphatic rings. The molecule has 1 atom stereocenters. The van der Waals surface area contributed by atoms with E-state index < -0.39 is 0 Å². The van der Waals surface area contributed by atoms with E-state index in [9.17, 15) is 0 Å². The summed E-state index contributed by atoms with van der Waals surface area (Å²) in [5.74, 6) is 0. The van der Waals surface area contributed by atoms with Crippen molar-refractivity contribution in [1.82, 2.24) is 20.1 Å². The predicted molar refractivity (Wildman–Crippen MR) is 65.4 cm³/mol. The van der Waals surface area contributed by atoms with E-state index >= 15 is 0 Å². The van der Waals surface area contributed by atoms with Crippen molar-refractivity contribution in [2.24, 2.45) is 0 Å². The van der Waals surface area contributed by atoms with E-state index in [1.165, 1.54) is 5.56 Å². The molecule has 16 heavy (non-hydrogen) atoms. The third-order valence-corrected chi connectivity index (χ3v) is 2.97. The molecule has 0 unspecified atom stereocenters. The maximum Gasteiger partial charge on any atom is 0.0795 e. The zero-order chi connectivity index (χ0) is 11.4. The van der Waals surface area contributed by atoms with Gasteiger partial charge in [-0.25, -0.2) is 4.98 Å². The van der Waals surface area contributed by atoms with E-state index in [1.807, 2.05) is 16.4 Å². The Balaban J connectivity index is 1.78. The molecule has 86 valence electrons. The van der Waals surface area contributed by atoms with E-state index in [0.29, 0.717) is 6.04 Å². The van der Waals surface area contributed by atoms with Crippen LogP contribution in [-0.4, -0.2) is 20.8 Å². The number of aromatic nitrogens is 3. The highest BCUT2D eigenvalue weighted by molar-refractivity contribution is 7.07. The predicted octanol–water partition coefficient (Wildman–Crippen LogP) is 1.83. The van der Waals surface area contributed by atoms with Crippen LogP contribution in [0.15, 0.2) is 23.3 Å². The molecule has 0 aliphatic carbocycles. The lowest BCUT2D eigenvalue weighted by Crippen LogP contribution is -2.30. The lowest BCUT2D eigenvalue weighted by Gasteiger charge is -2.12. The Kier molecular flexibility index (Phi) is 3.69. The van der Waals surface area contributed by atoms with Gasteiger partial charge in [-0.15, -0.1) is 11.3 Å². The van der Waals surface area contributed by atoms with Crippen molar-refractivity contribution in [2.45, 2.75) is 33.0 Å². The summed E-state index contributed by atoms with van der Waals surface area (Å²) in [6, 6.07) is 0.390. The van der Waals surface area contributed by atoms with Crippen LogP contribution in [0.1, 0.15) is 18.2 Å². The van der Waals surface area contributed by atoms with Crippen LogP contribution in [-0.2, 0) is 13.1 Å². The Hall–Kier alpha value is -1.20. The number of thiazole rings is 1. The van der Waals surface area contributed by atoms with Gasteiger partial charge in [0.1, 0.15) is 0 Å². The highest BCUT2D eigenvalue weighted by atomic mass is 32.1. The van der Waals surface area contributed by atoms with Crippen LogP contribution in [0.2, 0.25) is 0 Å². The summed E-state index contributed by atoms with van der Waals surface area (Å²) in [6.45, 7) is 5.92. The summed E-state index contributed by atoms with van der Waals surface area (Å²) in [5.41, 5.74) is 4.17. The topological polar surface area (TPSA) is 42.7 Å². The normalized spacial score (nSPS) is 12.9. The van der Waals surface area contributed by atoms with Crippen LogP contribution in [0.5, 0.6) is 0 Å². The minimum Gasteiger partial charge on any atom is -0.307 e. The van der Waals surface area contributed by atoms with Crippen molar-refractivity contribution >= 4 is 11.3 Å². The minimum absolute atomic E-state index is 0.390. The van der Waals surface area contributed by atoms with Crippen LogP contribution in [0.4, 0.5) is 0 Å². The average Bonchev–Trinajstić information content (AvgIpc) is 2.87. The molecule has 2 heterocycles. The molecule has 0 saturated heterocycles. The molecule has 0 saturated carbocycles. The van der Waals surface area contributed by atoms with Gasteiger partial charge in [-0.3, -0.25) is 4.68 Å². The molecule has 0 bridgehead atoms. The Morgan fingerprint density at radius 3 is 3.06 bits per heavy atom. The van der Waals surface area contributed by atoms with Crippen LogP contribution >= 0.6 is 11.3 Å². The second-order valence-corrected chi connectivity index (χ2v) is 4.72. The maximum absolute atomic E-state index is 4.26. The zero-order valence-corrected chi connectivity index (χ0v) is 10.4. The van der Waals surface area contributed by atoms with Crippen LogP contribution < -0.4 is 5.32 Å². The largest absolute Gasteiger partial charge is 0.307 e. The van der Waals surface area contributed by atoms with Crippen molar-refractivity contribution in [3.05, 3.63) is 34.5 Å². The van der Waals surface area contributed by atoms with Gasteiger partial charge in [-0.2, -0.15) is 5.10 Å². The standard InChI is InChI=1S/C11H16N4S/c1-9-3-14-15(5-9)6-10(2)12-4-11-7-16-8-13-11/h3,5,7-8,10,12H,4,6H2,1-2H3/t10-/m1/s1. The first-order valence-corrected chi connectivity index (χ1v) is 6.28. The van der Waals surface area contributed by atoms with Crippen molar-refractivity contribution in [3.63, 3.8) is 0 Å². The highest BCUT2D eigenvalue weighted by Crippen LogP contribution is 2.01. The second kappa shape index (κ2) is 5.23. The van der Waals surface area contributed by atoms with Gasteiger partial charge in [0.05, 0.1) is 23.9 Å². The zero-order valence-electron chi connectivity index (χ0n) is 9.55. The van der Waals surface area contributed by atoms with Gasteiger partial charge in [0.2, 0.25) is 0 Å². The van der Waals surface area contributed by atoms with Crippen LogP contribution in [0.3, 0.4) is 0 Å². The fraction of sp³-hybridized carbons (Fsp3) is 0.455. The molecule has 2 rings (SSSR count). The molecule has 0 radical (unpaired) electrons. The summed E-state index contributed by atoms with van der Waals surface area (Å²) in [6.07, 6.45) is 3.94. The van der Waals surface area contributed by atoms with Crippen LogP contribution in [0.25, 0.3) is 0 Å².